The van der Waals surface area contributed by atoms with Crippen molar-refractivity contribution in [3.05, 3.63) is 33.4 Å². The minimum atomic E-state index is 0. The fourth-order valence-electron chi connectivity index (χ4n) is 4.40. The van der Waals surface area contributed by atoms with Crippen molar-refractivity contribution in [1.29, 1.82) is 0 Å². The molecule has 1 aromatic rings. The number of benzene rings is 1. The molecular weight excluding hydrogens is 339 g/mol. The van der Waals surface area contributed by atoms with Crippen LogP contribution in [-0.4, -0.2) is 31.1 Å². The molecule has 138 valence electrons. The molecule has 2 aliphatic rings. The molecule has 1 saturated carbocycles. The Balaban J connectivity index is 0.00000144. The third-order valence-electron chi connectivity index (χ3n) is 6.50. The summed E-state index contributed by atoms with van der Waals surface area (Å²) in [5, 5.41) is 3.52. The van der Waals surface area contributed by atoms with Crippen molar-refractivity contribution in [3.63, 3.8) is 0 Å². The molecule has 24 heavy (non-hydrogen) atoms. The second kappa shape index (κ2) is 8.89. The zero-order valence-electron chi connectivity index (χ0n) is 15.9. The van der Waals surface area contributed by atoms with E-state index in [1.165, 1.54) is 49.0 Å². The van der Waals surface area contributed by atoms with Crippen molar-refractivity contribution < 1.29 is 0 Å². The maximum absolute atomic E-state index is 3.52. The van der Waals surface area contributed by atoms with Crippen LogP contribution in [0.1, 0.15) is 58.7 Å². The van der Waals surface area contributed by atoms with Gasteiger partial charge in [0.05, 0.1) is 0 Å². The molecule has 1 aromatic carbocycles. The first-order chi connectivity index (χ1) is 10.5. The van der Waals surface area contributed by atoms with Crippen LogP contribution in [0.2, 0.25) is 0 Å². The lowest BCUT2D eigenvalue weighted by Crippen LogP contribution is -2.48. The molecule has 1 heterocycles. The van der Waals surface area contributed by atoms with E-state index in [1.54, 1.807) is 16.7 Å². The number of hydrogen-bond donors (Lipinski definition) is 1. The van der Waals surface area contributed by atoms with Crippen LogP contribution < -0.4 is 5.32 Å². The van der Waals surface area contributed by atoms with Crippen molar-refractivity contribution in [3.8, 4) is 0 Å². The van der Waals surface area contributed by atoms with Crippen molar-refractivity contribution in [2.45, 2.75) is 59.9 Å². The van der Waals surface area contributed by atoms with Crippen molar-refractivity contribution in [2.75, 3.05) is 26.2 Å². The van der Waals surface area contributed by atoms with E-state index in [1.807, 2.05) is 0 Å². The molecule has 0 radical (unpaired) electrons. The summed E-state index contributed by atoms with van der Waals surface area (Å²) in [6, 6.07) is 0.647. The highest BCUT2D eigenvalue weighted by Crippen LogP contribution is 2.45. The molecule has 1 N–H and O–H groups in total. The zero-order chi connectivity index (χ0) is 15.9. The standard InChI is InChI=1S/C20H32N2.2ClH/c1-13-14(2)16(4)19(17(5)15(13)3)20(18-7-6-8-18)22-11-9-21-10-12-22;;/h18,20-21H,6-12H2,1-5H3;2*1H/t20-;;/m1../s1. The summed E-state index contributed by atoms with van der Waals surface area (Å²) in [6.45, 7) is 16.3. The number of nitrogens with one attached hydrogen (secondary N) is 1. The van der Waals surface area contributed by atoms with E-state index in [2.05, 4.69) is 44.8 Å². The lowest BCUT2D eigenvalue weighted by Gasteiger charge is -2.45. The van der Waals surface area contributed by atoms with Gasteiger partial charge < -0.3 is 5.32 Å². The normalized spacial score (nSPS) is 19.9. The average molecular weight is 373 g/mol. The van der Waals surface area contributed by atoms with Crippen LogP contribution in [0.4, 0.5) is 0 Å². The van der Waals surface area contributed by atoms with Gasteiger partial charge in [0.15, 0.2) is 0 Å². The van der Waals surface area contributed by atoms with Crippen molar-refractivity contribution in [2.24, 2.45) is 5.92 Å². The maximum atomic E-state index is 3.52. The summed E-state index contributed by atoms with van der Waals surface area (Å²) in [7, 11) is 0. The molecule has 0 aromatic heterocycles. The van der Waals surface area contributed by atoms with Crippen LogP contribution >= 0.6 is 24.8 Å². The molecule has 2 fully saturated rings. The molecule has 0 amide bonds. The molecule has 0 bridgehead atoms. The highest BCUT2D eigenvalue weighted by Gasteiger charge is 2.35. The lowest BCUT2D eigenvalue weighted by atomic mass is 9.73. The number of hydrogen-bond acceptors (Lipinski definition) is 2. The third-order valence-corrected chi connectivity index (χ3v) is 6.50. The summed E-state index contributed by atoms with van der Waals surface area (Å²) in [5.74, 6) is 0.872. The smallest absolute Gasteiger partial charge is 0.0382 e. The highest BCUT2D eigenvalue weighted by atomic mass is 35.5. The SMILES string of the molecule is Cc1c(C)c(C)c([C@@H](C2CCC2)N2CCNCC2)c(C)c1C.Cl.Cl. The largest absolute Gasteiger partial charge is 0.314 e. The van der Waals surface area contributed by atoms with Crippen LogP contribution in [-0.2, 0) is 0 Å². The van der Waals surface area contributed by atoms with E-state index in [4.69, 9.17) is 0 Å². The molecule has 1 aliphatic heterocycles. The maximum Gasteiger partial charge on any atom is 0.0382 e. The molecule has 4 heteroatoms. The molecule has 1 aliphatic carbocycles. The zero-order valence-corrected chi connectivity index (χ0v) is 17.5. The van der Waals surface area contributed by atoms with Crippen LogP contribution in [0.25, 0.3) is 0 Å². The second-order valence-corrected chi connectivity index (χ2v) is 7.46. The number of halogens is 2. The van der Waals surface area contributed by atoms with E-state index in [9.17, 15) is 0 Å². The van der Waals surface area contributed by atoms with Gasteiger partial charge in [-0.1, -0.05) is 6.42 Å². The first kappa shape index (κ1) is 21.8. The van der Waals surface area contributed by atoms with Crippen molar-refractivity contribution >= 4 is 24.8 Å². The van der Waals surface area contributed by atoms with E-state index in [0.29, 0.717) is 6.04 Å². The van der Waals surface area contributed by atoms with Crippen LogP contribution in [0.3, 0.4) is 0 Å². The van der Waals surface area contributed by atoms with Gasteiger partial charge in [0, 0.05) is 32.2 Å². The number of piperazine rings is 1. The molecule has 1 atom stereocenters. The summed E-state index contributed by atoms with van der Waals surface area (Å²) in [4.78, 5) is 2.77. The first-order valence-electron chi connectivity index (χ1n) is 9.04. The average Bonchev–Trinajstić information content (AvgIpc) is 2.49. The Kier molecular flexibility index (Phi) is 8.06. The Morgan fingerprint density at radius 1 is 0.792 bits per heavy atom. The van der Waals surface area contributed by atoms with Crippen molar-refractivity contribution in [1.82, 2.24) is 10.2 Å². The molecule has 3 rings (SSSR count). The summed E-state index contributed by atoms with van der Waals surface area (Å²) < 4.78 is 0. The monoisotopic (exact) mass is 372 g/mol. The fraction of sp³-hybridized carbons (Fsp3) is 0.700. The second-order valence-electron chi connectivity index (χ2n) is 7.46. The Morgan fingerprint density at radius 3 is 1.67 bits per heavy atom. The highest BCUT2D eigenvalue weighted by molar-refractivity contribution is 5.85. The summed E-state index contributed by atoms with van der Waals surface area (Å²) >= 11 is 0. The van der Waals surface area contributed by atoms with E-state index in [0.717, 1.165) is 19.0 Å². The van der Waals surface area contributed by atoms with Gasteiger partial charge in [-0.05, 0) is 86.8 Å². The van der Waals surface area contributed by atoms with Crippen LogP contribution in [0.15, 0.2) is 0 Å². The van der Waals surface area contributed by atoms with E-state index in [-0.39, 0.29) is 24.8 Å². The van der Waals surface area contributed by atoms with Gasteiger partial charge in [-0.25, -0.2) is 0 Å². The fourth-order valence-corrected chi connectivity index (χ4v) is 4.40. The topological polar surface area (TPSA) is 15.3 Å². The van der Waals surface area contributed by atoms with Crippen LogP contribution in [0.5, 0.6) is 0 Å². The van der Waals surface area contributed by atoms with Gasteiger partial charge in [0.1, 0.15) is 0 Å². The van der Waals surface area contributed by atoms with Gasteiger partial charge in [0.2, 0.25) is 0 Å². The van der Waals surface area contributed by atoms with Gasteiger partial charge in [-0.2, -0.15) is 0 Å². The predicted octanol–water partition coefficient (Wildman–Crippen LogP) is 4.82. The molecule has 2 nitrogen and oxygen atoms in total. The Labute approximate surface area is 160 Å². The molecule has 1 saturated heterocycles. The van der Waals surface area contributed by atoms with E-state index >= 15 is 0 Å². The lowest BCUT2D eigenvalue weighted by molar-refractivity contribution is 0.0828. The predicted molar refractivity (Wildman–Crippen MR) is 109 cm³/mol. The summed E-state index contributed by atoms with van der Waals surface area (Å²) in [6.07, 6.45) is 4.26. The third kappa shape index (κ3) is 3.77. The Morgan fingerprint density at radius 2 is 1.25 bits per heavy atom. The Bertz CT molecular complexity index is 532. The molecule has 0 spiro atoms. The minimum absolute atomic E-state index is 0. The van der Waals surface area contributed by atoms with Crippen LogP contribution in [0, 0.1) is 40.5 Å². The van der Waals surface area contributed by atoms with Gasteiger partial charge >= 0.3 is 0 Å². The molecular formula is C20H34Cl2N2. The quantitative estimate of drug-likeness (QED) is 0.817. The van der Waals surface area contributed by atoms with Gasteiger partial charge in [-0.3, -0.25) is 4.90 Å². The first-order valence-corrected chi connectivity index (χ1v) is 9.04. The number of nitrogens with zero attached hydrogens (tertiary/aromatic N) is 1. The minimum Gasteiger partial charge on any atom is -0.314 e. The van der Waals surface area contributed by atoms with Gasteiger partial charge in [-0.15, -0.1) is 24.8 Å². The van der Waals surface area contributed by atoms with Gasteiger partial charge in [0.25, 0.3) is 0 Å². The Hall–Kier alpha value is -0.280. The van der Waals surface area contributed by atoms with E-state index < -0.39 is 0 Å². The number of rotatable bonds is 3. The summed E-state index contributed by atoms with van der Waals surface area (Å²) in [5.41, 5.74) is 9.28. The molecule has 0 unspecified atom stereocenters.